The maximum Gasteiger partial charge on any atom is 0.135 e. The molecular formula is C48H41NO2. The SMILES string of the molecule is C=Cc1oc2/c(c1/C=C\C)=C\C=C\C(c1ccc3oc4ccccc4c3c1)=C/C(C/C=C(\N=C)c1ccccc1)=C\C=C\C=2.Cc1ccccc1. The van der Waals surface area contributed by atoms with E-state index < -0.39 is 0 Å². The molecule has 0 spiro atoms. The molecule has 0 fully saturated rings. The van der Waals surface area contributed by atoms with Crippen molar-refractivity contribution < 1.29 is 8.83 Å². The van der Waals surface area contributed by atoms with Gasteiger partial charge in [0.2, 0.25) is 0 Å². The molecule has 0 bridgehead atoms. The number of aliphatic imine (C=N–C) groups is 1. The maximum atomic E-state index is 6.19. The molecule has 51 heavy (non-hydrogen) atoms. The van der Waals surface area contributed by atoms with Crippen molar-refractivity contribution in [2.45, 2.75) is 20.3 Å². The minimum atomic E-state index is 0.670. The van der Waals surface area contributed by atoms with Crippen molar-refractivity contribution in [3.63, 3.8) is 0 Å². The lowest BCUT2D eigenvalue weighted by atomic mass is 9.98. The number of nitrogens with zero attached hydrogens (tertiary/aromatic N) is 1. The first-order valence-electron chi connectivity index (χ1n) is 17.1. The first kappa shape index (κ1) is 34.4. The molecule has 6 aromatic rings. The van der Waals surface area contributed by atoms with E-state index in [1.54, 1.807) is 6.08 Å². The van der Waals surface area contributed by atoms with Crippen molar-refractivity contribution >= 4 is 64.2 Å². The van der Waals surface area contributed by atoms with Crippen LogP contribution < -0.4 is 10.6 Å². The summed E-state index contributed by atoms with van der Waals surface area (Å²) >= 11 is 0. The quantitative estimate of drug-likeness (QED) is 0.159. The molecule has 4 aromatic carbocycles. The topological polar surface area (TPSA) is 38.6 Å². The molecule has 3 heteroatoms. The Morgan fingerprint density at radius 1 is 0.765 bits per heavy atom. The fraction of sp³-hybridized carbons (Fsp3) is 0.0625. The molecule has 1 aliphatic rings. The van der Waals surface area contributed by atoms with Crippen LogP contribution >= 0.6 is 0 Å². The summed E-state index contributed by atoms with van der Waals surface area (Å²) in [5.74, 6) is 0.747. The fourth-order valence-electron chi connectivity index (χ4n) is 5.99. The lowest BCUT2D eigenvalue weighted by Gasteiger charge is -2.07. The van der Waals surface area contributed by atoms with Crippen LogP contribution in [0.2, 0.25) is 0 Å². The Kier molecular flexibility index (Phi) is 11.3. The molecule has 7 rings (SSSR count). The normalized spacial score (nSPS) is 17.8. The van der Waals surface area contributed by atoms with Gasteiger partial charge in [0.25, 0.3) is 0 Å². The third kappa shape index (κ3) is 8.41. The van der Waals surface area contributed by atoms with Gasteiger partial charge in [-0.3, -0.25) is 4.99 Å². The Balaban J connectivity index is 0.000000573. The van der Waals surface area contributed by atoms with Crippen LogP contribution in [-0.2, 0) is 0 Å². The molecule has 0 atom stereocenters. The van der Waals surface area contributed by atoms with Gasteiger partial charge in [0.15, 0.2) is 0 Å². The van der Waals surface area contributed by atoms with Gasteiger partial charge in [-0.25, -0.2) is 0 Å². The van der Waals surface area contributed by atoms with Crippen molar-refractivity contribution in [3.05, 3.63) is 203 Å². The molecule has 0 amide bonds. The number of para-hydroxylation sites is 1. The number of fused-ring (bicyclic) bond motifs is 4. The van der Waals surface area contributed by atoms with Crippen LogP contribution in [0.4, 0.5) is 0 Å². The van der Waals surface area contributed by atoms with Gasteiger partial charge in [-0.2, -0.15) is 0 Å². The summed E-state index contributed by atoms with van der Waals surface area (Å²) < 4.78 is 12.3. The standard InChI is InChI=1S/C41H33NO2.C7H8/c1-4-14-33-34-20-13-18-31(32-24-26-41-36(28-32)35-19-10-12-22-40(35)44-41)27-29(15-9-11-21-39(34)43-38(33)5-2)23-25-37(42-3)30-16-7-6-8-17-30;1-7-5-3-2-4-6-7/h4-22,24-28H,2-3,23H2,1H3;2-6H,1H3/b11-9+,14-4-,15-9?,18-13+,20-13?,21-11?,29-15-,29-27?,31-18?,31-27+,34-20-,37-25-,39-21+;. The smallest absolute Gasteiger partial charge is 0.135 e. The first-order valence-corrected chi connectivity index (χ1v) is 17.1. The van der Waals surface area contributed by atoms with Crippen LogP contribution in [0, 0.1) is 6.92 Å². The van der Waals surface area contributed by atoms with Crippen LogP contribution in [0.5, 0.6) is 0 Å². The minimum absolute atomic E-state index is 0.670. The van der Waals surface area contributed by atoms with E-state index in [9.17, 15) is 0 Å². The highest BCUT2D eigenvalue weighted by Crippen LogP contribution is 2.32. The molecular weight excluding hydrogens is 623 g/mol. The van der Waals surface area contributed by atoms with Crippen LogP contribution in [0.25, 0.3) is 57.5 Å². The number of allylic oxidation sites excluding steroid dienone is 10. The second-order valence-electron chi connectivity index (χ2n) is 12.1. The third-order valence-electron chi connectivity index (χ3n) is 8.53. The average molecular weight is 664 g/mol. The summed E-state index contributed by atoms with van der Waals surface area (Å²) in [7, 11) is 0. The van der Waals surface area contributed by atoms with Gasteiger partial charge in [-0.15, -0.1) is 0 Å². The van der Waals surface area contributed by atoms with Gasteiger partial charge < -0.3 is 8.83 Å². The third-order valence-corrected chi connectivity index (χ3v) is 8.53. The fourth-order valence-corrected chi connectivity index (χ4v) is 5.99. The summed E-state index contributed by atoms with van der Waals surface area (Å²) in [5, 5.41) is 3.20. The predicted molar refractivity (Wildman–Crippen MR) is 220 cm³/mol. The zero-order chi connectivity index (χ0) is 35.4. The molecule has 0 N–H and O–H groups in total. The van der Waals surface area contributed by atoms with Gasteiger partial charge in [0.05, 0.1) is 5.70 Å². The van der Waals surface area contributed by atoms with E-state index in [-0.39, 0.29) is 0 Å². The Hall–Kier alpha value is -6.45. The number of aryl methyl sites for hydroxylation is 1. The number of hydrogen-bond donors (Lipinski definition) is 0. The number of benzene rings is 4. The summed E-state index contributed by atoms with van der Waals surface area (Å²) in [6.07, 6.45) is 25.4. The molecule has 250 valence electrons. The second-order valence-corrected chi connectivity index (χ2v) is 12.1. The Labute approximate surface area is 300 Å². The molecule has 0 aliphatic heterocycles. The lowest BCUT2D eigenvalue weighted by Crippen LogP contribution is -2.21. The van der Waals surface area contributed by atoms with Gasteiger partial charge in [0, 0.05) is 21.6 Å². The second kappa shape index (κ2) is 16.8. The van der Waals surface area contributed by atoms with Crippen molar-refractivity contribution in [1.82, 2.24) is 0 Å². The van der Waals surface area contributed by atoms with E-state index in [2.05, 4.69) is 116 Å². The zero-order valence-corrected chi connectivity index (χ0v) is 29.1. The molecule has 0 saturated heterocycles. The van der Waals surface area contributed by atoms with Crippen molar-refractivity contribution in [3.8, 4) is 0 Å². The van der Waals surface area contributed by atoms with Crippen LogP contribution in [0.1, 0.15) is 41.4 Å². The van der Waals surface area contributed by atoms with Crippen molar-refractivity contribution in [1.29, 1.82) is 0 Å². The van der Waals surface area contributed by atoms with E-state index >= 15 is 0 Å². The highest BCUT2D eigenvalue weighted by Gasteiger charge is 2.10. The van der Waals surface area contributed by atoms with Crippen molar-refractivity contribution in [2.75, 3.05) is 0 Å². The van der Waals surface area contributed by atoms with Gasteiger partial charge in [-0.05, 0) is 79.6 Å². The average Bonchev–Trinajstić information content (AvgIpc) is 3.70. The maximum absolute atomic E-state index is 6.19. The molecule has 3 nitrogen and oxygen atoms in total. The Morgan fingerprint density at radius 3 is 2.22 bits per heavy atom. The van der Waals surface area contributed by atoms with E-state index in [1.807, 2.05) is 85.8 Å². The molecule has 2 heterocycles. The van der Waals surface area contributed by atoms with Crippen LogP contribution in [-0.4, -0.2) is 6.72 Å². The predicted octanol–water partition coefficient (Wildman–Crippen LogP) is 11.7. The zero-order valence-electron chi connectivity index (χ0n) is 29.1. The Bertz CT molecular complexity index is 2480. The summed E-state index contributed by atoms with van der Waals surface area (Å²) in [6.45, 7) is 11.9. The highest BCUT2D eigenvalue weighted by molar-refractivity contribution is 6.06. The van der Waals surface area contributed by atoms with E-state index in [0.29, 0.717) is 6.42 Å². The lowest BCUT2D eigenvalue weighted by molar-refractivity contribution is 0.522. The molecule has 1 aliphatic carbocycles. The number of furan rings is 2. The summed E-state index contributed by atoms with van der Waals surface area (Å²) in [4.78, 5) is 4.32. The minimum Gasteiger partial charge on any atom is -0.456 e. The van der Waals surface area contributed by atoms with E-state index in [1.165, 1.54) is 5.56 Å². The van der Waals surface area contributed by atoms with Gasteiger partial charge >= 0.3 is 0 Å². The molecule has 0 saturated carbocycles. The molecule has 2 aromatic heterocycles. The Morgan fingerprint density at radius 2 is 1.49 bits per heavy atom. The summed E-state index contributed by atoms with van der Waals surface area (Å²) in [5.41, 5.74) is 10.0. The highest BCUT2D eigenvalue weighted by atomic mass is 16.3. The largest absolute Gasteiger partial charge is 0.456 e. The van der Waals surface area contributed by atoms with Gasteiger partial charge in [-0.1, -0.05) is 158 Å². The summed E-state index contributed by atoms with van der Waals surface area (Å²) in [6, 6.07) is 34.9. The van der Waals surface area contributed by atoms with Crippen LogP contribution in [0.15, 0.2) is 178 Å². The monoisotopic (exact) mass is 663 g/mol. The van der Waals surface area contributed by atoms with E-state index in [4.69, 9.17) is 8.83 Å². The molecule has 0 unspecified atom stereocenters. The number of rotatable bonds is 7. The van der Waals surface area contributed by atoms with Crippen molar-refractivity contribution in [2.24, 2.45) is 4.99 Å². The first-order chi connectivity index (χ1) is 25.1. The van der Waals surface area contributed by atoms with Gasteiger partial charge in [0.1, 0.15) is 22.3 Å². The van der Waals surface area contributed by atoms with Crippen LogP contribution in [0.3, 0.4) is 0 Å². The number of hydrogen-bond acceptors (Lipinski definition) is 3. The molecule has 0 radical (unpaired) electrons. The van der Waals surface area contributed by atoms with E-state index in [0.717, 1.165) is 71.9 Å².